The zero-order valence-corrected chi connectivity index (χ0v) is 13.1. The average molecular weight is 331 g/mol. The van der Waals surface area contributed by atoms with Gasteiger partial charge in [0.15, 0.2) is 0 Å². The molecule has 0 spiro atoms. The Hall–Kier alpha value is -3.47. The number of carbonyl (C=O) groups excluding carboxylic acids is 2. The molecule has 0 bridgehead atoms. The van der Waals surface area contributed by atoms with Crippen LogP contribution in [0.1, 0.15) is 26.3 Å². The van der Waals surface area contributed by atoms with Crippen molar-refractivity contribution in [2.75, 3.05) is 0 Å². The van der Waals surface area contributed by atoms with Crippen LogP contribution in [0.3, 0.4) is 0 Å². The molecule has 1 aromatic heterocycles. The number of hydrogen-bond acceptors (Lipinski definition) is 5. The van der Waals surface area contributed by atoms with Gasteiger partial charge in [-0.1, -0.05) is 30.3 Å². The van der Waals surface area contributed by atoms with Gasteiger partial charge in [-0.15, -0.1) is 0 Å². The van der Waals surface area contributed by atoms with Crippen LogP contribution < -0.4 is 4.74 Å². The van der Waals surface area contributed by atoms with Crippen molar-refractivity contribution in [3.63, 3.8) is 0 Å². The van der Waals surface area contributed by atoms with Crippen molar-refractivity contribution in [2.24, 2.45) is 0 Å². The average Bonchev–Trinajstić information content (AvgIpc) is 2.95. The summed E-state index contributed by atoms with van der Waals surface area (Å²) in [6.45, 7) is 0.491. The lowest BCUT2D eigenvalue weighted by molar-refractivity contribution is 0.0443. The number of cyclic esters (lactones) is 2. The van der Waals surface area contributed by atoms with Gasteiger partial charge in [-0.2, -0.15) is 0 Å². The van der Waals surface area contributed by atoms with Crippen LogP contribution in [0.2, 0.25) is 0 Å². The summed E-state index contributed by atoms with van der Waals surface area (Å²) in [5.74, 6) is -0.543. The van der Waals surface area contributed by atoms with E-state index in [0.29, 0.717) is 12.3 Å². The highest BCUT2D eigenvalue weighted by atomic mass is 16.6. The van der Waals surface area contributed by atoms with E-state index < -0.39 is 11.9 Å². The van der Waals surface area contributed by atoms with Gasteiger partial charge in [-0.25, -0.2) is 9.59 Å². The van der Waals surface area contributed by atoms with Crippen LogP contribution in [0.15, 0.2) is 66.9 Å². The van der Waals surface area contributed by atoms with Crippen molar-refractivity contribution in [3.8, 4) is 17.0 Å². The highest BCUT2D eigenvalue weighted by Crippen LogP contribution is 2.26. The van der Waals surface area contributed by atoms with Gasteiger partial charge in [0.2, 0.25) is 0 Å². The number of rotatable bonds is 4. The maximum absolute atomic E-state index is 11.6. The fourth-order valence-corrected chi connectivity index (χ4v) is 2.60. The first kappa shape index (κ1) is 15.1. The van der Waals surface area contributed by atoms with Crippen LogP contribution in [0.25, 0.3) is 11.3 Å². The molecule has 0 N–H and O–H groups in total. The van der Waals surface area contributed by atoms with E-state index >= 15 is 0 Å². The molecule has 5 nitrogen and oxygen atoms in total. The molecule has 0 atom stereocenters. The van der Waals surface area contributed by atoms with E-state index in [9.17, 15) is 9.59 Å². The first-order chi connectivity index (χ1) is 12.2. The monoisotopic (exact) mass is 331 g/mol. The Balaban J connectivity index is 1.52. The predicted molar refractivity (Wildman–Crippen MR) is 90.2 cm³/mol. The van der Waals surface area contributed by atoms with Gasteiger partial charge in [0.05, 0.1) is 16.8 Å². The molecule has 3 aromatic rings. The molecule has 0 amide bonds. The van der Waals surface area contributed by atoms with Crippen molar-refractivity contribution in [1.82, 2.24) is 4.98 Å². The zero-order valence-electron chi connectivity index (χ0n) is 13.1. The molecule has 0 fully saturated rings. The number of pyridine rings is 1. The summed E-state index contributed by atoms with van der Waals surface area (Å²) in [5.41, 5.74) is 2.97. The number of hydrogen-bond donors (Lipinski definition) is 0. The number of nitrogens with zero attached hydrogens (tertiary/aromatic N) is 1. The summed E-state index contributed by atoms with van der Waals surface area (Å²) in [6, 6.07) is 18.9. The van der Waals surface area contributed by atoms with E-state index in [1.807, 2.05) is 54.6 Å². The van der Waals surface area contributed by atoms with E-state index in [-0.39, 0.29) is 11.1 Å². The van der Waals surface area contributed by atoms with Crippen molar-refractivity contribution in [3.05, 3.63) is 83.6 Å². The lowest BCUT2D eigenvalue weighted by atomic mass is 10.1. The number of esters is 2. The van der Waals surface area contributed by atoms with Crippen molar-refractivity contribution in [1.29, 1.82) is 0 Å². The predicted octanol–water partition coefficient (Wildman–Crippen LogP) is 3.64. The molecule has 5 heteroatoms. The van der Waals surface area contributed by atoms with Crippen molar-refractivity contribution in [2.45, 2.75) is 6.61 Å². The van der Waals surface area contributed by atoms with E-state index in [1.54, 1.807) is 6.07 Å². The van der Waals surface area contributed by atoms with Crippen LogP contribution in [-0.4, -0.2) is 16.9 Å². The molecule has 122 valence electrons. The van der Waals surface area contributed by atoms with Crippen LogP contribution in [-0.2, 0) is 11.3 Å². The number of benzene rings is 2. The quantitative estimate of drug-likeness (QED) is 0.539. The van der Waals surface area contributed by atoms with Crippen molar-refractivity contribution < 1.29 is 19.1 Å². The van der Waals surface area contributed by atoms with Gasteiger partial charge in [-0.3, -0.25) is 4.98 Å². The molecule has 0 aliphatic carbocycles. The topological polar surface area (TPSA) is 65.5 Å². The smallest absolute Gasteiger partial charge is 0.348 e. The molecule has 0 unspecified atom stereocenters. The van der Waals surface area contributed by atoms with E-state index in [4.69, 9.17) is 4.74 Å². The maximum Gasteiger partial charge on any atom is 0.348 e. The fourth-order valence-electron chi connectivity index (χ4n) is 2.60. The molecular formula is C20H13NO4. The van der Waals surface area contributed by atoms with Gasteiger partial charge in [0.1, 0.15) is 12.4 Å². The summed E-state index contributed by atoms with van der Waals surface area (Å²) in [7, 11) is 0. The van der Waals surface area contributed by atoms with E-state index in [1.165, 1.54) is 6.20 Å². The van der Waals surface area contributed by atoms with Gasteiger partial charge in [0.25, 0.3) is 0 Å². The second kappa shape index (κ2) is 6.20. The Morgan fingerprint density at radius 3 is 2.36 bits per heavy atom. The zero-order chi connectivity index (χ0) is 17.2. The molecule has 4 rings (SSSR count). The Bertz CT molecular complexity index is 949. The maximum atomic E-state index is 11.6. The SMILES string of the molecule is O=C1OC(=O)c2cc(-c3ccc(OCc4ccccc4)cc3)ncc21. The molecule has 0 saturated carbocycles. The van der Waals surface area contributed by atoms with Crippen molar-refractivity contribution >= 4 is 11.9 Å². The molecule has 1 aliphatic heterocycles. The largest absolute Gasteiger partial charge is 0.489 e. The number of ether oxygens (including phenoxy) is 2. The lowest BCUT2D eigenvalue weighted by Gasteiger charge is -2.07. The van der Waals surface area contributed by atoms with Crippen LogP contribution in [0.5, 0.6) is 5.75 Å². The van der Waals surface area contributed by atoms with E-state index in [2.05, 4.69) is 9.72 Å². The third-order valence-electron chi connectivity index (χ3n) is 3.93. The molecule has 25 heavy (non-hydrogen) atoms. The second-order valence-corrected chi connectivity index (χ2v) is 5.59. The Morgan fingerprint density at radius 2 is 1.60 bits per heavy atom. The summed E-state index contributed by atoms with van der Waals surface area (Å²) in [4.78, 5) is 27.3. The second-order valence-electron chi connectivity index (χ2n) is 5.59. The molecule has 2 heterocycles. The van der Waals surface area contributed by atoms with Crippen LogP contribution in [0.4, 0.5) is 0 Å². The van der Waals surface area contributed by atoms with Crippen LogP contribution >= 0.6 is 0 Å². The van der Waals surface area contributed by atoms with Crippen LogP contribution in [0, 0.1) is 0 Å². The number of fused-ring (bicyclic) bond motifs is 1. The first-order valence-corrected chi connectivity index (χ1v) is 7.74. The fraction of sp³-hybridized carbons (Fsp3) is 0.0500. The highest BCUT2D eigenvalue weighted by Gasteiger charge is 2.30. The Kier molecular flexibility index (Phi) is 3.74. The number of carbonyl (C=O) groups is 2. The normalized spacial score (nSPS) is 12.6. The number of aromatic nitrogens is 1. The first-order valence-electron chi connectivity index (χ1n) is 7.74. The minimum atomic E-state index is -0.649. The third kappa shape index (κ3) is 2.99. The highest BCUT2D eigenvalue weighted by molar-refractivity contribution is 6.14. The standard InChI is InChI=1S/C20H13NO4/c22-19-16-10-18(21-11-17(16)20(23)25-19)14-6-8-15(9-7-14)24-12-13-4-2-1-3-5-13/h1-11H,12H2. The summed E-state index contributed by atoms with van der Waals surface area (Å²) < 4.78 is 10.3. The third-order valence-corrected chi connectivity index (χ3v) is 3.93. The van der Waals surface area contributed by atoms with Gasteiger partial charge in [-0.05, 0) is 35.9 Å². The summed E-state index contributed by atoms with van der Waals surface area (Å²) >= 11 is 0. The molecule has 1 aliphatic rings. The minimum Gasteiger partial charge on any atom is -0.489 e. The minimum absolute atomic E-state index is 0.205. The Morgan fingerprint density at radius 1 is 0.880 bits per heavy atom. The van der Waals surface area contributed by atoms with Gasteiger partial charge >= 0.3 is 11.9 Å². The molecule has 2 aromatic carbocycles. The Labute approximate surface area is 143 Å². The molecule has 0 radical (unpaired) electrons. The molecular weight excluding hydrogens is 318 g/mol. The van der Waals surface area contributed by atoms with Gasteiger partial charge in [0, 0.05) is 11.8 Å². The van der Waals surface area contributed by atoms with Gasteiger partial charge < -0.3 is 9.47 Å². The summed E-state index contributed by atoms with van der Waals surface area (Å²) in [5, 5.41) is 0. The molecule has 0 saturated heterocycles. The lowest BCUT2D eigenvalue weighted by Crippen LogP contribution is -1.96. The van der Waals surface area contributed by atoms with E-state index in [0.717, 1.165) is 16.9 Å². The summed E-state index contributed by atoms with van der Waals surface area (Å²) in [6.07, 6.45) is 1.37.